The van der Waals surface area contributed by atoms with E-state index in [2.05, 4.69) is 34.1 Å². The molecular formula is C24H33N3O3. The van der Waals surface area contributed by atoms with Gasteiger partial charge in [0.2, 0.25) is 11.8 Å². The van der Waals surface area contributed by atoms with E-state index in [0.717, 1.165) is 51.3 Å². The van der Waals surface area contributed by atoms with Gasteiger partial charge in [0.25, 0.3) is 0 Å². The lowest BCUT2D eigenvalue weighted by molar-refractivity contribution is -0.142. The second-order valence-corrected chi connectivity index (χ2v) is 9.64. The Labute approximate surface area is 179 Å². The Kier molecular flexibility index (Phi) is 5.21. The number of imide groups is 1. The molecule has 2 aliphatic carbocycles. The number of hydrogen-bond acceptors (Lipinski definition) is 5. The number of anilines is 1. The predicted molar refractivity (Wildman–Crippen MR) is 116 cm³/mol. The molecule has 1 aromatic rings. The molecule has 2 saturated carbocycles. The number of ether oxygens (including phenoxy) is 1. The zero-order chi connectivity index (χ0) is 20.7. The molecule has 2 amide bonds. The first kappa shape index (κ1) is 19.9. The van der Waals surface area contributed by atoms with Gasteiger partial charge in [-0.1, -0.05) is 12.1 Å². The van der Waals surface area contributed by atoms with Crippen LogP contribution in [-0.4, -0.2) is 67.0 Å². The van der Waals surface area contributed by atoms with Crippen molar-refractivity contribution in [3.8, 4) is 5.75 Å². The largest absolute Gasteiger partial charge is 0.488 e. The van der Waals surface area contributed by atoms with Crippen molar-refractivity contribution in [1.29, 1.82) is 0 Å². The van der Waals surface area contributed by atoms with E-state index >= 15 is 0 Å². The van der Waals surface area contributed by atoms with E-state index in [1.54, 1.807) is 0 Å². The Hall–Kier alpha value is -2.08. The van der Waals surface area contributed by atoms with E-state index in [1.165, 1.54) is 36.3 Å². The standard InChI is InChI=1S/C24H33N3O3/c1-24-17-19(24)22(28)27(23(24)29)12-6-11-25-13-15-26(16-14-25)20-9-4-5-10-21(20)30-18-7-2-3-8-18/h4-5,9-10,18-19H,2-3,6-8,11-17H2,1H3. The highest BCUT2D eigenvalue weighted by atomic mass is 16.5. The molecule has 6 heteroatoms. The maximum absolute atomic E-state index is 12.4. The molecule has 2 atom stereocenters. The minimum absolute atomic E-state index is 0.0277. The number of piperidine rings is 1. The van der Waals surface area contributed by atoms with E-state index in [4.69, 9.17) is 4.74 Å². The van der Waals surface area contributed by atoms with Gasteiger partial charge in [-0.2, -0.15) is 0 Å². The lowest BCUT2D eigenvalue weighted by Gasteiger charge is -2.37. The summed E-state index contributed by atoms with van der Waals surface area (Å²) in [7, 11) is 0. The Balaban J connectivity index is 1.10. The second kappa shape index (κ2) is 7.88. The summed E-state index contributed by atoms with van der Waals surface area (Å²) in [5.41, 5.74) is 0.848. The number of hydrogen-bond donors (Lipinski definition) is 0. The first-order valence-electron chi connectivity index (χ1n) is 11.6. The molecule has 0 spiro atoms. The molecule has 1 aromatic carbocycles. The fraction of sp³-hybridized carbons (Fsp3) is 0.667. The van der Waals surface area contributed by atoms with Crippen LogP contribution in [-0.2, 0) is 9.59 Å². The van der Waals surface area contributed by atoms with Crippen LogP contribution in [0.15, 0.2) is 24.3 Å². The fourth-order valence-corrected chi connectivity index (χ4v) is 5.44. The zero-order valence-corrected chi connectivity index (χ0v) is 18.0. The van der Waals surface area contributed by atoms with Crippen LogP contribution in [0.4, 0.5) is 5.69 Å². The third-order valence-corrected chi connectivity index (χ3v) is 7.57. The van der Waals surface area contributed by atoms with Crippen LogP contribution in [0.25, 0.3) is 0 Å². The highest BCUT2D eigenvalue weighted by Crippen LogP contribution is 2.58. The predicted octanol–water partition coefficient (Wildman–Crippen LogP) is 2.92. The van der Waals surface area contributed by atoms with Gasteiger partial charge in [-0.15, -0.1) is 0 Å². The summed E-state index contributed by atoms with van der Waals surface area (Å²) in [4.78, 5) is 31.1. The maximum atomic E-state index is 12.4. The molecule has 0 N–H and O–H groups in total. The third-order valence-electron chi connectivity index (χ3n) is 7.57. The molecule has 162 valence electrons. The van der Waals surface area contributed by atoms with Crippen LogP contribution in [0.3, 0.4) is 0 Å². The van der Waals surface area contributed by atoms with Crippen LogP contribution in [0, 0.1) is 11.3 Å². The Morgan fingerprint density at radius 1 is 1.03 bits per heavy atom. The second-order valence-electron chi connectivity index (χ2n) is 9.64. The average Bonchev–Trinajstić information content (AvgIpc) is 3.12. The van der Waals surface area contributed by atoms with Crippen molar-refractivity contribution in [3.63, 3.8) is 0 Å². The van der Waals surface area contributed by atoms with E-state index in [0.29, 0.717) is 12.6 Å². The van der Waals surface area contributed by atoms with Gasteiger partial charge in [0.15, 0.2) is 0 Å². The normalized spacial score (nSPS) is 29.6. The summed E-state index contributed by atoms with van der Waals surface area (Å²) in [6.45, 7) is 7.40. The van der Waals surface area contributed by atoms with Crippen LogP contribution in [0.5, 0.6) is 5.75 Å². The van der Waals surface area contributed by atoms with E-state index in [-0.39, 0.29) is 23.1 Å². The number of para-hydroxylation sites is 2. The summed E-state index contributed by atoms with van der Waals surface area (Å²) >= 11 is 0. The lowest BCUT2D eigenvalue weighted by Crippen LogP contribution is -2.47. The first-order valence-corrected chi connectivity index (χ1v) is 11.6. The number of carbonyl (C=O) groups excluding carboxylic acids is 2. The number of carbonyl (C=O) groups is 2. The summed E-state index contributed by atoms with van der Waals surface area (Å²) in [5, 5.41) is 0. The van der Waals surface area contributed by atoms with Gasteiger partial charge in [-0.3, -0.25) is 19.4 Å². The van der Waals surface area contributed by atoms with Gasteiger partial charge in [-0.25, -0.2) is 0 Å². The van der Waals surface area contributed by atoms with Crippen LogP contribution in [0.1, 0.15) is 45.4 Å². The van der Waals surface area contributed by atoms with Gasteiger partial charge in [-0.05, 0) is 64.1 Å². The number of rotatable bonds is 7. The molecule has 0 bridgehead atoms. The highest BCUT2D eigenvalue weighted by molar-refractivity contribution is 6.11. The molecule has 2 aliphatic heterocycles. The number of fused-ring (bicyclic) bond motifs is 1. The van der Waals surface area contributed by atoms with Crippen molar-refractivity contribution < 1.29 is 14.3 Å². The molecule has 30 heavy (non-hydrogen) atoms. The average molecular weight is 412 g/mol. The molecule has 0 radical (unpaired) electrons. The van der Waals surface area contributed by atoms with Crippen molar-refractivity contribution in [1.82, 2.24) is 9.80 Å². The first-order chi connectivity index (χ1) is 14.6. The van der Waals surface area contributed by atoms with Crippen molar-refractivity contribution in [2.45, 2.75) is 51.6 Å². The van der Waals surface area contributed by atoms with Gasteiger partial charge in [0, 0.05) is 32.7 Å². The summed E-state index contributed by atoms with van der Waals surface area (Å²) < 4.78 is 6.32. The van der Waals surface area contributed by atoms with Crippen LogP contribution < -0.4 is 9.64 Å². The molecule has 2 heterocycles. The Bertz CT molecular complexity index is 814. The van der Waals surface area contributed by atoms with Crippen molar-refractivity contribution in [2.75, 3.05) is 44.2 Å². The van der Waals surface area contributed by atoms with E-state index in [9.17, 15) is 9.59 Å². The van der Waals surface area contributed by atoms with E-state index in [1.807, 2.05) is 6.92 Å². The van der Waals surface area contributed by atoms with Crippen molar-refractivity contribution in [2.24, 2.45) is 11.3 Å². The number of likely N-dealkylation sites (tertiary alicyclic amines) is 1. The third kappa shape index (κ3) is 3.59. The maximum Gasteiger partial charge on any atom is 0.235 e. The van der Waals surface area contributed by atoms with Gasteiger partial charge >= 0.3 is 0 Å². The molecule has 4 fully saturated rings. The van der Waals surface area contributed by atoms with Gasteiger partial charge < -0.3 is 9.64 Å². The topological polar surface area (TPSA) is 53.1 Å². The summed E-state index contributed by atoms with van der Waals surface area (Å²) in [5.74, 6) is 1.11. The Morgan fingerprint density at radius 2 is 1.77 bits per heavy atom. The van der Waals surface area contributed by atoms with Crippen LogP contribution in [0.2, 0.25) is 0 Å². The quantitative estimate of drug-likeness (QED) is 0.646. The fourth-order valence-electron chi connectivity index (χ4n) is 5.44. The molecule has 2 saturated heterocycles. The minimum Gasteiger partial charge on any atom is -0.488 e. The number of amides is 2. The summed E-state index contributed by atoms with van der Waals surface area (Å²) in [6, 6.07) is 8.44. The summed E-state index contributed by atoms with van der Waals surface area (Å²) in [6.07, 6.45) is 6.89. The van der Waals surface area contributed by atoms with E-state index < -0.39 is 0 Å². The smallest absolute Gasteiger partial charge is 0.235 e. The molecule has 0 aromatic heterocycles. The molecular weight excluding hydrogens is 378 g/mol. The van der Waals surface area contributed by atoms with Crippen molar-refractivity contribution >= 4 is 17.5 Å². The Morgan fingerprint density at radius 3 is 2.47 bits per heavy atom. The lowest BCUT2D eigenvalue weighted by atomic mass is 10.1. The SMILES string of the molecule is CC12CC1C(=O)N(CCCN1CCN(c3ccccc3OC3CCCC3)CC1)C2=O. The number of piperazine rings is 1. The number of benzene rings is 1. The van der Waals surface area contributed by atoms with Crippen molar-refractivity contribution in [3.05, 3.63) is 24.3 Å². The molecule has 5 rings (SSSR count). The zero-order valence-electron chi connectivity index (χ0n) is 18.0. The minimum atomic E-state index is -0.364. The monoisotopic (exact) mass is 411 g/mol. The molecule has 4 aliphatic rings. The highest BCUT2D eigenvalue weighted by Gasteiger charge is 2.68. The van der Waals surface area contributed by atoms with Gasteiger partial charge in [0.05, 0.1) is 23.1 Å². The van der Waals surface area contributed by atoms with Crippen LogP contribution >= 0.6 is 0 Å². The van der Waals surface area contributed by atoms with Gasteiger partial charge in [0.1, 0.15) is 5.75 Å². The molecule has 6 nitrogen and oxygen atoms in total. The number of nitrogens with zero attached hydrogens (tertiary/aromatic N) is 3. The molecule has 2 unspecified atom stereocenters.